The predicted molar refractivity (Wildman–Crippen MR) is 64.0 cm³/mol. The molecule has 0 aliphatic heterocycles. The molecule has 0 spiro atoms. The van der Waals surface area contributed by atoms with Crippen molar-refractivity contribution in [3.63, 3.8) is 0 Å². The summed E-state index contributed by atoms with van der Waals surface area (Å²) >= 11 is 6.00. The Balaban J connectivity index is 2.94. The number of alkyl halides is 1. The van der Waals surface area contributed by atoms with Crippen LogP contribution < -0.4 is 0 Å². The SMILES string of the molecule is C[C](CF)c1cc(Cl)cc(CC(C)C)c1. The molecule has 0 fully saturated rings. The van der Waals surface area contributed by atoms with Crippen LogP contribution in [0.15, 0.2) is 18.2 Å². The van der Waals surface area contributed by atoms with E-state index in [1.165, 1.54) is 5.56 Å². The number of hydrogen-bond acceptors (Lipinski definition) is 0. The van der Waals surface area contributed by atoms with Gasteiger partial charge in [-0.05, 0) is 35.6 Å². The van der Waals surface area contributed by atoms with E-state index in [9.17, 15) is 4.39 Å². The largest absolute Gasteiger partial charge is 0.250 e. The van der Waals surface area contributed by atoms with Crippen LogP contribution in [0.5, 0.6) is 0 Å². The summed E-state index contributed by atoms with van der Waals surface area (Å²) in [5.74, 6) is 1.32. The number of rotatable bonds is 4. The molecule has 0 unspecified atom stereocenters. The summed E-state index contributed by atoms with van der Waals surface area (Å²) in [6.45, 7) is 5.70. The van der Waals surface area contributed by atoms with Crippen molar-refractivity contribution >= 4 is 11.6 Å². The van der Waals surface area contributed by atoms with Crippen molar-refractivity contribution < 1.29 is 4.39 Å². The van der Waals surface area contributed by atoms with Crippen molar-refractivity contribution in [3.05, 3.63) is 40.3 Å². The van der Waals surface area contributed by atoms with Gasteiger partial charge in [0.15, 0.2) is 0 Å². The lowest BCUT2D eigenvalue weighted by molar-refractivity contribution is 0.516. The lowest BCUT2D eigenvalue weighted by atomic mass is 9.96. The van der Waals surface area contributed by atoms with Crippen LogP contribution in [0.25, 0.3) is 0 Å². The van der Waals surface area contributed by atoms with E-state index in [2.05, 4.69) is 13.8 Å². The Labute approximate surface area is 96.5 Å². The van der Waals surface area contributed by atoms with E-state index < -0.39 is 6.67 Å². The van der Waals surface area contributed by atoms with E-state index in [-0.39, 0.29) is 0 Å². The first kappa shape index (κ1) is 12.5. The van der Waals surface area contributed by atoms with Crippen molar-refractivity contribution in [2.45, 2.75) is 27.2 Å². The maximum absolute atomic E-state index is 12.5. The molecule has 0 aliphatic carbocycles. The highest BCUT2D eigenvalue weighted by Crippen LogP contribution is 2.23. The smallest absolute Gasteiger partial charge is 0.0997 e. The summed E-state index contributed by atoms with van der Waals surface area (Å²) < 4.78 is 12.5. The lowest BCUT2D eigenvalue weighted by Crippen LogP contribution is -2.00. The summed E-state index contributed by atoms with van der Waals surface area (Å²) in [6, 6.07) is 5.80. The molecule has 0 amide bonds. The highest BCUT2D eigenvalue weighted by atomic mass is 35.5. The Kier molecular flexibility index (Phi) is 4.59. The first-order chi connectivity index (χ1) is 7.02. The van der Waals surface area contributed by atoms with Crippen LogP contribution in [0.2, 0.25) is 5.02 Å². The number of halogens is 2. The molecule has 0 atom stereocenters. The molecule has 0 bridgehead atoms. The van der Waals surface area contributed by atoms with Gasteiger partial charge >= 0.3 is 0 Å². The van der Waals surface area contributed by atoms with Crippen molar-refractivity contribution in [1.29, 1.82) is 0 Å². The molecule has 0 heterocycles. The average Bonchev–Trinajstić information content (AvgIpc) is 2.14. The fourth-order valence-corrected chi connectivity index (χ4v) is 1.82. The third kappa shape index (κ3) is 3.83. The van der Waals surface area contributed by atoms with Crippen LogP contribution in [0.1, 0.15) is 31.9 Å². The van der Waals surface area contributed by atoms with Crippen LogP contribution in [-0.2, 0) is 6.42 Å². The van der Waals surface area contributed by atoms with E-state index in [1.54, 1.807) is 6.92 Å². The summed E-state index contributed by atoms with van der Waals surface area (Å²) in [7, 11) is 0. The van der Waals surface area contributed by atoms with E-state index in [4.69, 9.17) is 11.6 Å². The topological polar surface area (TPSA) is 0 Å². The molecular weight excluding hydrogens is 211 g/mol. The summed E-state index contributed by atoms with van der Waals surface area (Å²) in [5.41, 5.74) is 2.10. The van der Waals surface area contributed by atoms with E-state index in [1.807, 2.05) is 18.2 Å². The van der Waals surface area contributed by atoms with Gasteiger partial charge in [0.1, 0.15) is 0 Å². The molecule has 0 nitrogen and oxygen atoms in total. The molecule has 1 aromatic rings. The molecule has 2 heteroatoms. The minimum atomic E-state index is -0.415. The van der Waals surface area contributed by atoms with E-state index in [0.717, 1.165) is 17.9 Å². The third-order valence-corrected chi connectivity index (χ3v) is 2.51. The van der Waals surface area contributed by atoms with E-state index in [0.29, 0.717) is 10.9 Å². The van der Waals surface area contributed by atoms with E-state index >= 15 is 0 Å². The Bertz CT molecular complexity index is 320. The van der Waals surface area contributed by atoms with Crippen molar-refractivity contribution in [2.24, 2.45) is 5.92 Å². The van der Waals surface area contributed by atoms with Gasteiger partial charge < -0.3 is 0 Å². The minimum absolute atomic E-state index is 0.415. The summed E-state index contributed by atoms with van der Waals surface area (Å²) in [6.07, 6.45) is 0.979. The molecule has 15 heavy (non-hydrogen) atoms. The first-order valence-electron chi connectivity index (χ1n) is 5.21. The molecule has 1 radical (unpaired) electrons. The zero-order valence-corrected chi connectivity index (χ0v) is 10.2. The standard InChI is InChI=1S/C13H17ClF/c1-9(2)4-11-5-12(10(3)8-15)7-13(14)6-11/h5-7,9H,4,8H2,1-3H3. The molecule has 0 saturated heterocycles. The van der Waals surface area contributed by atoms with Crippen LogP contribution in [0.4, 0.5) is 4.39 Å². The first-order valence-corrected chi connectivity index (χ1v) is 5.59. The van der Waals surface area contributed by atoms with Crippen molar-refractivity contribution in [1.82, 2.24) is 0 Å². The number of benzene rings is 1. The van der Waals surface area contributed by atoms with Gasteiger partial charge in [-0.3, -0.25) is 4.39 Å². The molecular formula is C13H17ClF. The summed E-state index contributed by atoms with van der Waals surface area (Å²) in [5, 5.41) is 0.691. The Morgan fingerprint density at radius 2 is 2.00 bits per heavy atom. The molecule has 1 aromatic carbocycles. The Morgan fingerprint density at radius 3 is 2.53 bits per heavy atom. The fraction of sp³-hybridized carbons (Fsp3) is 0.462. The zero-order valence-electron chi connectivity index (χ0n) is 9.48. The maximum Gasteiger partial charge on any atom is 0.0997 e. The predicted octanol–water partition coefficient (Wildman–Crippen LogP) is 4.45. The van der Waals surface area contributed by atoms with Crippen molar-refractivity contribution in [2.75, 3.05) is 6.67 Å². The molecule has 0 aliphatic rings. The second-order valence-corrected chi connectivity index (χ2v) is 4.80. The lowest BCUT2D eigenvalue weighted by Gasteiger charge is -2.11. The Hall–Kier alpha value is -0.560. The van der Waals surface area contributed by atoms with Gasteiger partial charge in [0.2, 0.25) is 0 Å². The normalized spacial score (nSPS) is 11.4. The highest BCUT2D eigenvalue weighted by Gasteiger charge is 2.08. The molecule has 0 aromatic heterocycles. The minimum Gasteiger partial charge on any atom is -0.250 e. The van der Waals surface area contributed by atoms with Gasteiger partial charge in [-0.1, -0.05) is 38.4 Å². The molecule has 83 valence electrons. The second kappa shape index (κ2) is 5.50. The van der Waals surface area contributed by atoms with Gasteiger partial charge in [0.05, 0.1) is 6.67 Å². The highest BCUT2D eigenvalue weighted by molar-refractivity contribution is 6.30. The van der Waals surface area contributed by atoms with Gasteiger partial charge in [-0.15, -0.1) is 0 Å². The summed E-state index contributed by atoms with van der Waals surface area (Å²) in [4.78, 5) is 0. The maximum atomic E-state index is 12.5. The Morgan fingerprint density at radius 1 is 1.33 bits per heavy atom. The molecule has 0 saturated carbocycles. The van der Waals surface area contributed by atoms with Gasteiger partial charge in [0.25, 0.3) is 0 Å². The average molecular weight is 228 g/mol. The third-order valence-electron chi connectivity index (χ3n) is 2.29. The zero-order chi connectivity index (χ0) is 11.4. The van der Waals surface area contributed by atoms with Crippen LogP contribution >= 0.6 is 11.6 Å². The quantitative estimate of drug-likeness (QED) is 0.713. The molecule has 0 N–H and O–H groups in total. The second-order valence-electron chi connectivity index (χ2n) is 4.36. The van der Waals surface area contributed by atoms with Crippen LogP contribution in [0, 0.1) is 11.8 Å². The van der Waals surface area contributed by atoms with Gasteiger partial charge in [-0.2, -0.15) is 0 Å². The monoisotopic (exact) mass is 227 g/mol. The van der Waals surface area contributed by atoms with Gasteiger partial charge in [0, 0.05) is 10.9 Å². The van der Waals surface area contributed by atoms with Crippen LogP contribution in [0.3, 0.4) is 0 Å². The van der Waals surface area contributed by atoms with Gasteiger partial charge in [-0.25, -0.2) is 0 Å². The number of hydrogen-bond donors (Lipinski definition) is 0. The van der Waals surface area contributed by atoms with Crippen LogP contribution in [-0.4, -0.2) is 6.67 Å². The fourth-order valence-electron chi connectivity index (χ4n) is 1.56. The van der Waals surface area contributed by atoms with Crippen molar-refractivity contribution in [3.8, 4) is 0 Å². The molecule has 1 rings (SSSR count).